The molecule has 2 aliphatic carbocycles. The molecule has 0 spiro atoms. The van der Waals surface area contributed by atoms with Gasteiger partial charge in [0.25, 0.3) is 0 Å². The van der Waals surface area contributed by atoms with Gasteiger partial charge in [0, 0.05) is 0 Å². The number of hydrogen-bond donors (Lipinski definition) is 0. The zero-order valence-electron chi connectivity index (χ0n) is 18.7. The van der Waals surface area contributed by atoms with E-state index in [-0.39, 0.29) is 6.67 Å². The quantitative estimate of drug-likeness (QED) is 0.281. The van der Waals surface area contributed by atoms with Crippen molar-refractivity contribution >= 4 is 0 Å². The number of alkyl halides is 1. The van der Waals surface area contributed by atoms with Crippen LogP contribution in [0.5, 0.6) is 0 Å². The van der Waals surface area contributed by atoms with Crippen molar-refractivity contribution in [3.05, 3.63) is 47.5 Å². The summed E-state index contributed by atoms with van der Waals surface area (Å²) in [4.78, 5) is 0. The summed E-state index contributed by atoms with van der Waals surface area (Å²) in [6.07, 6.45) is 22.6. The zero-order valence-corrected chi connectivity index (χ0v) is 18.7. The Hall–Kier alpha value is -1.62. The van der Waals surface area contributed by atoms with E-state index in [1.165, 1.54) is 82.6 Å². The topological polar surface area (TPSA) is 23.8 Å². The molecule has 0 N–H and O–H groups in total. The van der Waals surface area contributed by atoms with Gasteiger partial charge in [0.05, 0.1) is 18.3 Å². The maximum atomic E-state index is 12.1. The average Bonchev–Trinajstić information content (AvgIpc) is 2.81. The second-order valence-corrected chi connectivity index (χ2v) is 9.80. The maximum absolute atomic E-state index is 12.1. The van der Waals surface area contributed by atoms with E-state index >= 15 is 0 Å². The summed E-state index contributed by atoms with van der Waals surface area (Å²) in [5.74, 6) is 3.56. The lowest BCUT2D eigenvalue weighted by Gasteiger charge is -2.32. The molecule has 1 aromatic carbocycles. The summed E-state index contributed by atoms with van der Waals surface area (Å²) in [7, 11) is 0. The van der Waals surface area contributed by atoms with Crippen LogP contribution in [0, 0.1) is 29.1 Å². The summed E-state index contributed by atoms with van der Waals surface area (Å²) >= 11 is 0. The van der Waals surface area contributed by atoms with Crippen molar-refractivity contribution < 1.29 is 4.39 Å². The van der Waals surface area contributed by atoms with Gasteiger partial charge in [-0.2, -0.15) is 5.26 Å². The van der Waals surface area contributed by atoms with E-state index in [9.17, 15) is 4.39 Å². The van der Waals surface area contributed by atoms with E-state index < -0.39 is 0 Å². The van der Waals surface area contributed by atoms with E-state index in [1.54, 1.807) is 0 Å². The third-order valence-corrected chi connectivity index (χ3v) is 7.73. The number of unbranched alkanes of at least 4 members (excludes halogenated alkanes) is 1. The monoisotopic (exact) mass is 409 g/mol. The summed E-state index contributed by atoms with van der Waals surface area (Å²) in [6, 6.07) is 10.5. The van der Waals surface area contributed by atoms with E-state index in [4.69, 9.17) is 5.26 Å². The minimum atomic E-state index is -0.223. The number of rotatable bonds is 10. The Morgan fingerprint density at radius 2 is 1.30 bits per heavy atom. The van der Waals surface area contributed by atoms with Crippen molar-refractivity contribution in [3.8, 4) is 6.07 Å². The highest BCUT2D eigenvalue weighted by atomic mass is 19.1. The van der Waals surface area contributed by atoms with Crippen molar-refractivity contribution in [2.75, 3.05) is 6.67 Å². The Morgan fingerprint density at radius 3 is 1.87 bits per heavy atom. The molecule has 0 saturated heterocycles. The standard InChI is InChI=1S/C28H40FN/c29-21-5-3-1-2-4-6-23-7-9-24(10-8-23)11-12-25-13-17-27(18-14-25)28-19-15-26(22-30)16-20-28/h1,3,15-16,19-20,23-25,27H,2,4-14,17-18,21H2/b3-1+/t23-,24-,25-,27-. The smallest absolute Gasteiger partial charge is 0.0991 e. The number of benzene rings is 1. The summed E-state index contributed by atoms with van der Waals surface area (Å²) in [6.45, 7) is -0.223. The van der Waals surface area contributed by atoms with Crippen LogP contribution in [-0.4, -0.2) is 6.67 Å². The molecule has 1 nitrogen and oxygen atoms in total. The lowest BCUT2D eigenvalue weighted by Crippen LogP contribution is -2.17. The highest BCUT2D eigenvalue weighted by Gasteiger charge is 2.25. The van der Waals surface area contributed by atoms with Crippen molar-refractivity contribution in [2.24, 2.45) is 17.8 Å². The molecule has 30 heavy (non-hydrogen) atoms. The van der Waals surface area contributed by atoms with Crippen molar-refractivity contribution in [3.63, 3.8) is 0 Å². The van der Waals surface area contributed by atoms with Crippen LogP contribution in [0.4, 0.5) is 4.39 Å². The molecule has 3 rings (SSSR count). The first-order valence-corrected chi connectivity index (χ1v) is 12.5. The average molecular weight is 410 g/mol. The summed E-state index contributed by atoms with van der Waals surface area (Å²) in [5, 5.41) is 8.97. The Bertz CT molecular complexity index is 655. The minimum absolute atomic E-state index is 0.223. The predicted octanol–water partition coefficient (Wildman–Crippen LogP) is 8.50. The maximum Gasteiger partial charge on any atom is 0.0991 e. The van der Waals surface area contributed by atoms with Gasteiger partial charge < -0.3 is 0 Å². The van der Waals surface area contributed by atoms with Crippen LogP contribution in [0.1, 0.15) is 107 Å². The predicted molar refractivity (Wildman–Crippen MR) is 124 cm³/mol. The normalized spacial score (nSPS) is 27.2. The van der Waals surface area contributed by atoms with E-state index in [0.29, 0.717) is 12.3 Å². The van der Waals surface area contributed by atoms with Gasteiger partial charge >= 0.3 is 0 Å². The Kier molecular flexibility index (Phi) is 9.94. The first-order valence-electron chi connectivity index (χ1n) is 12.5. The zero-order chi connectivity index (χ0) is 21.0. The highest BCUT2D eigenvalue weighted by Crippen LogP contribution is 2.40. The molecule has 2 heteroatoms. The second-order valence-electron chi connectivity index (χ2n) is 9.80. The largest absolute Gasteiger partial charge is 0.251 e. The van der Waals surface area contributed by atoms with E-state index in [1.807, 2.05) is 18.2 Å². The molecule has 2 fully saturated rings. The molecule has 2 saturated carbocycles. The summed E-state index contributed by atoms with van der Waals surface area (Å²) < 4.78 is 12.1. The SMILES string of the molecule is N#Cc1ccc([C@H]2CC[C@H](CC[C@H]3CC[C@H](CCC/C=C/CCF)CC3)CC2)cc1. The number of nitriles is 1. The third kappa shape index (κ3) is 7.57. The molecule has 0 radical (unpaired) electrons. The fraction of sp³-hybridized carbons (Fsp3) is 0.679. The van der Waals surface area contributed by atoms with Crippen molar-refractivity contribution in [2.45, 2.75) is 95.8 Å². The lowest BCUT2D eigenvalue weighted by atomic mass is 9.74. The third-order valence-electron chi connectivity index (χ3n) is 7.73. The molecule has 1 aromatic rings. The van der Waals surface area contributed by atoms with Gasteiger partial charge in [-0.3, -0.25) is 4.39 Å². The molecular weight excluding hydrogens is 369 g/mol. The van der Waals surface area contributed by atoms with Gasteiger partial charge in [0.1, 0.15) is 0 Å². The van der Waals surface area contributed by atoms with Crippen LogP contribution < -0.4 is 0 Å². The molecule has 0 amide bonds. The van der Waals surface area contributed by atoms with Crippen LogP contribution >= 0.6 is 0 Å². The molecule has 0 bridgehead atoms. The number of halogens is 1. The van der Waals surface area contributed by atoms with Crippen molar-refractivity contribution in [1.82, 2.24) is 0 Å². The van der Waals surface area contributed by atoms with Crippen LogP contribution in [0.2, 0.25) is 0 Å². The molecule has 0 heterocycles. The molecule has 0 aromatic heterocycles. The van der Waals surface area contributed by atoms with Gasteiger partial charge in [-0.05, 0) is 86.3 Å². The van der Waals surface area contributed by atoms with E-state index in [0.717, 1.165) is 29.7 Å². The van der Waals surface area contributed by atoms with Crippen LogP contribution in [0.3, 0.4) is 0 Å². The first kappa shape index (κ1) is 23.1. The van der Waals surface area contributed by atoms with Crippen LogP contribution in [-0.2, 0) is 0 Å². The van der Waals surface area contributed by atoms with Gasteiger partial charge in [0.2, 0.25) is 0 Å². The number of allylic oxidation sites excluding steroid dienone is 2. The molecule has 2 aliphatic rings. The Morgan fingerprint density at radius 1 is 0.767 bits per heavy atom. The number of nitrogens with zero attached hydrogens (tertiary/aromatic N) is 1. The Labute approximate surface area is 183 Å². The number of hydrogen-bond acceptors (Lipinski definition) is 1. The molecule has 164 valence electrons. The summed E-state index contributed by atoms with van der Waals surface area (Å²) in [5.41, 5.74) is 2.20. The van der Waals surface area contributed by atoms with E-state index in [2.05, 4.69) is 24.3 Å². The highest BCUT2D eigenvalue weighted by molar-refractivity contribution is 5.33. The minimum Gasteiger partial charge on any atom is -0.251 e. The molecule has 0 atom stereocenters. The van der Waals surface area contributed by atoms with Gasteiger partial charge in [0.15, 0.2) is 0 Å². The molecule has 0 aliphatic heterocycles. The van der Waals surface area contributed by atoms with Crippen LogP contribution in [0.25, 0.3) is 0 Å². The Balaban J connectivity index is 1.26. The van der Waals surface area contributed by atoms with Gasteiger partial charge in [-0.1, -0.05) is 69.2 Å². The first-order chi connectivity index (χ1) is 14.8. The molecular formula is C28H40FN. The fourth-order valence-corrected chi connectivity index (χ4v) is 5.72. The molecule has 0 unspecified atom stereocenters. The fourth-order valence-electron chi connectivity index (χ4n) is 5.72. The lowest BCUT2D eigenvalue weighted by molar-refractivity contribution is 0.223. The second kappa shape index (κ2) is 12.9. The van der Waals surface area contributed by atoms with Gasteiger partial charge in [-0.15, -0.1) is 0 Å². The van der Waals surface area contributed by atoms with Gasteiger partial charge in [-0.25, -0.2) is 0 Å². The van der Waals surface area contributed by atoms with Crippen molar-refractivity contribution in [1.29, 1.82) is 5.26 Å². The van der Waals surface area contributed by atoms with Crippen LogP contribution in [0.15, 0.2) is 36.4 Å².